The highest BCUT2D eigenvalue weighted by Gasteiger charge is 2.34. The standard InChI is InChI=1S/C20H18ClN3O6S/c1-30-20(27)17-11-23(6-7-25)19(26)18(17)22-13-8-14(24(28)29)10-16(9-13)31-15-4-2-12(21)3-5-15/h2-5,8-10,22,25H,6-7,11H2,1H3. The maximum Gasteiger partial charge on any atom is 0.337 e. The molecule has 0 spiro atoms. The molecule has 0 fully saturated rings. The van der Waals surface area contributed by atoms with Gasteiger partial charge < -0.3 is 20.1 Å². The Morgan fingerprint density at radius 1 is 1.29 bits per heavy atom. The molecule has 1 heterocycles. The number of aliphatic hydroxyl groups excluding tert-OH is 1. The zero-order valence-corrected chi connectivity index (χ0v) is 17.9. The van der Waals surface area contributed by atoms with Crippen LogP contribution >= 0.6 is 23.4 Å². The van der Waals surface area contributed by atoms with Crippen molar-refractivity contribution >= 4 is 46.6 Å². The van der Waals surface area contributed by atoms with E-state index in [2.05, 4.69) is 5.32 Å². The number of carbonyl (C=O) groups is 2. The largest absolute Gasteiger partial charge is 0.466 e. The van der Waals surface area contributed by atoms with Crippen LogP contribution in [0.5, 0.6) is 0 Å². The van der Waals surface area contributed by atoms with Gasteiger partial charge in [-0.1, -0.05) is 23.4 Å². The lowest BCUT2D eigenvalue weighted by atomic mass is 10.2. The van der Waals surface area contributed by atoms with Crippen LogP contribution in [-0.4, -0.2) is 53.6 Å². The van der Waals surface area contributed by atoms with Gasteiger partial charge in [0.2, 0.25) is 0 Å². The number of halogens is 1. The Bertz CT molecular complexity index is 1060. The Labute approximate surface area is 186 Å². The quantitative estimate of drug-likeness (QED) is 0.348. The van der Waals surface area contributed by atoms with Crippen molar-refractivity contribution in [2.75, 3.05) is 32.1 Å². The number of rotatable bonds is 8. The zero-order chi connectivity index (χ0) is 22.5. The number of nitrogens with one attached hydrogen (secondary N) is 1. The van der Waals surface area contributed by atoms with Gasteiger partial charge in [-0.3, -0.25) is 14.9 Å². The molecular formula is C20H18ClN3O6S. The second-order valence-electron chi connectivity index (χ2n) is 6.45. The summed E-state index contributed by atoms with van der Waals surface area (Å²) >= 11 is 7.18. The van der Waals surface area contributed by atoms with Crippen molar-refractivity contribution in [3.8, 4) is 0 Å². The maximum atomic E-state index is 12.7. The fraction of sp³-hybridized carbons (Fsp3) is 0.200. The average molecular weight is 464 g/mol. The number of hydrogen-bond donors (Lipinski definition) is 2. The molecule has 11 heteroatoms. The molecule has 31 heavy (non-hydrogen) atoms. The number of nitrogens with zero attached hydrogens (tertiary/aromatic N) is 2. The number of non-ortho nitro benzene ring substituents is 1. The molecule has 9 nitrogen and oxygen atoms in total. The highest BCUT2D eigenvalue weighted by Crippen LogP contribution is 2.34. The lowest BCUT2D eigenvalue weighted by Crippen LogP contribution is -2.31. The molecule has 2 aromatic rings. The molecule has 2 N–H and O–H groups in total. The van der Waals surface area contributed by atoms with E-state index in [0.717, 1.165) is 4.90 Å². The van der Waals surface area contributed by atoms with Crippen LogP contribution in [0.25, 0.3) is 0 Å². The number of esters is 1. The predicted octanol–water partition coefficient (Wildman–Crippen LogP) is 3.07. The van der Waals surface area contributed by atoms with Crippen LogP contribution < -0.4 is 5.32 Å². The van der Waals surface area contributed by atoms with E-state index in [1.807, 2.05) is 0 Å². The SMILES string of the molecule is COC(=O)C1=C(Nc2cc(Sc3ccc(Cl)cc3)cc([N+](=O)[O-])c2)C(=O)N(CCO)C1. The van der Waals surface area contributed by atoms with E-state index < -0.39 is 16.8 Å². The smallest absolute Gasteiger partial charge is 0.337 e. The van der Waals surface area contributed by atoms with Crippen LogP contribution in [0.4, 0.5) is 11.4 Å². The number of nitro groups is 1. The number of amides is 1. The first-order valence-electron chi connectivity index (χ1n) is 9.04. The number of carbonyl (C=O) groups excluding carboxylic acids is 2. The van der Waals surface area contributed by atoms with Crippen LogP contribution in [0, 0.1) is 10.1 Å². The third-order valence-corrected chi connectivity index (χ3v) is 5.61. The van der Waals surface area contributed by atoms with Gasteiger partial charge in [0.1, 0.15) is 5.70 Å². The lowest BCUT2D eigenvalue weighted by molar-refractivity contribution is -0.385. The summed E-state index contributed by atoms with van der Waals surface area (Å²) in [6, 6.07) is 11.3. The summed E-state index contributed by atoms with van der Waals surface area (Å²) in [6.45, 7) is -0.265. The van der Waals surface area contributed by atoms with Gasteiger partial charge in [-0.05, 0) is 30.3 Å². The third kappa shape index (κ3) is 5.35. The Balaban J connectivity index is 1.95. The van der Waals surface area contributed by atoms with Crippen LogP contribution in [0.3, 0.4) is 0 Å². The van der Waals surface area contributed by atoms with Gasteiger partial charge in [-0.2, -0.15) is 0 Å². The summed E-state index contributed by atoms with van der Waals surface area (Å²) in [5, 5.41) is 24.0. The summed E-state index contributed by atoms with van der Waals surface area (Å²) < 4.78 is 4.75. The van der Waals surface area contributed by atoms with Gasteiger partial charge in [0.05, 0.1) is 30.8 Å². The molecule has 0 saturated carbocycles. The third-order valence-electron chi connectivity index (χ3n) is 4.37. The Morgan fingerprint density at radius 3 is 2.61 bits per heavy atom. The molecule has 0 aromatic heterocycles. The Hall–Kier alpha value is -3.08. The van der Waals surface area contributed by atoms with Gasteiger partial charge in [0.25, 0.3) is 11.6 Å². The normalized spacial score (nSPS) is 13.5. The molecule has 0 radical (unpaired) electrons. The van der Waals surface area contributed by atoms with E-state index in [-0.39, 0.29) is 42.3 Å². The van der Waals surface area contributed by atoms with Gasteiger partial charge >= 0.3 is 5.97 Å². The van der Waals surface area contributed by atoms with Crippen LogP contribution in [0.15, 0.2) is 63.5 Å². The minimum atomic E-state index is -0.697. The topological polar surface area (TPSA) is 122 Å². The number of ether oxygens (including phenoxy) is 1. The predicted molar refractivity (Wildman–Crippen MR) is 115 cm³/mol. The number of anilines is 1. The molecule has 0 aliphatic carbocycles. The molecule has 0 saturated heterocycles. The summed E-state index contributed by atoms with van der Waals surface area (Å²) in [7, 11) is 1.19. The van der Waals surface area contributed by atoms with E-state index >= 15 is 0 Å². The first kappa shape index (κ1) is 22.6. The average Bonchev–Trinajstić information content (AvgIpc) is 3.05. The minimum Gasteiger partial charge on any atom is -0.466 e. The fourth-order valence-electron chi connectivity index (χ4n) is 2.95. The van der Waals surface area contributed by atoms with Crippen LogP contribution in [0.2, 0.25) is 5.02 Å². The number of β-amino-alcohol motifs (C(OH)–C–C–N with tert-alkyl or cyclic N) is 1. The molecule has 3 rings (SSSR count). The van der Waals surface area contributed by atoms with Crippen molar-refractivity contribution in [3.05, 3.63) is 68.9 Å². The first-order valence-corrected chi connectivity index (χ1v) is 10.2. The van der Waals surface area contributed by atoms with Crippen molar-refractivity contribution in [1.82, 2.24) is 4.90 Å². The molecule has 1 aliphatic heterocycles. The molecule has 0 atom stereocenters. The molecule has 2 aromatic carbocycles. The van der Waals surface area contributed by atoms with E-state index in [9.17, 15) is 19.7 Å². The molecule has 162 valence electrons. The first-order chi connectivity index (χ1) is 14.8. The van der Waals surface area contributed by atoms with Gasteiger partial charge in [-0.25, -0.2) is 4.79 Å². The summed E-state index contributed by atoms with van der Waals surface area (Å²) in [5.41, 5.74) is 0.128. The van der Waals surface area contributed by atoms with E-state index in [0.29, 0.717) is 9.92 Å². The van der Waals surface area contributed by atoms with Gasteiger partial charge in [-0.15, -0.1) is 0 Å². The van der Waals surface area contributed by atoms with Crippen molar-refractivity contribution in [1.29, 1.82) is 0 Å². The number of methoxy groups -OCH3 is 1. The number of hydrogen-bond acceptors (Lipinski definition) is 8. The summed E-state index contributed by atoms with van der Waals surface area (Å²) in [6.07, 6.45) is 0. The minimum absolute atomic E-state index is 0.0320. The second kappa shape index (κ2) is 9.82. The van der Waals surface area contributed by atoms with Crippen molar-refractivity contribution < 1.29 is 24.4 Å². The summed E-state index contributed by atoms with van der Waals surface area (Å²) in [4.78, 5) is 38.4. The summed E-state index contributed by atoms with van der Waals surface area (Å²) in [5.74, 6) is -1.20. The highest BCUT2D eigenvalue weighted by molar-refractivity contribution is 7.99. The highest BCUT2D eigenvalue weighted by atomic mass is 35.5. The molecule has 1 amide bonds. The second-order valence-corrected chi connectivity index (χ2v) is 8.03. The van der Waals surface area contributed by atoms with Crippen molar-refractivity contribution in [2.24, 2.45) is 0 Å². The molecule has 0 unspecified atom stereocenters. The number of aliphatic hydroxyl groups is 1. The molecule has 0 bridgehead atoms. The van der Waals surface area contributed by atoms with Crippen molar-refractivity contribution in [3.63, 3.8) is 0 Å². The van der Waals surface area contributed by atoms with Crippen molar-refractivity contribution in [2.45, 2.75) is 9.79 Å². The van der Waals surface area contributed by atoms with E-state index in [4.69, 9.17) is 21.4 Å². The van der Waals surface area contributed by atoms with E-state index in [1.165, 1.54) is 35.9 Å². The lowest BCUT2D eigenvalue weighted by Gasteiger charge is -2.15. The van der Waals surface area contributed by atoms with Crippen LogP contribution in [-0.2, 0) is 14.3 Å². The number of benzene rings is 2. The molecular weight excluding hydrogens is 446 g/mol. The number of nitro benzene ring substituents is 1. The monoisotopic (exact) mass is 463 g/mol. The Kier molecular flexibility index (Phi) is 7.16. The fourth-order valence-corrected chi connectivity index (χ4v) is 3.99. The van der Waals surface area contributed by atoms with E-state index in [1.54, 1.807) is 30.3 Å². The zero-order valence-electron chi connectivity index (χ0n) is 16.3. The van der Waals surface area contributed by atoms with Gasteiger partial charge in [0.15, 0.2) is 0 Å². The van der Waals surface area contributed by atoms with Crippen LogP contribution in [0.1, 0.15) is 0 Å². The molecule has 1 aliphatic rings. The van der Waals surface area contributed by atoms with Gasteiger partial charge in [0, 0.05) is 39.2 Å². The Morgan fingerprint density at radius 2 is 2.00 bits per heavy atom. The maximum absolute atomic E-state index is 12.7.